The number of likely N-dealkylation sites (tertiary alicyclic amines) is 1. The van der Waals surface area contributed by atoms with Gasteiger partial charge in [0, 0.05) is 18.7 Å². The predicted octanol–water partition coefficient (Wildman–Crippen LogP) is 5.12. The van der Waals surface area contributed by atoms with E-state index in [0.717, 1.165) is 11.1 Å². The van der Waals surface area contributed by atoms with Crippen LogP contribution >= 0.6 is 0 Å². The van der Waals surface area contributed by atoms with Gasteiger partial charge in [0.2, 0.25) is 0 Å². The van der Waals surface area contributed by atoms with Gasteiger partial charge < -0.3 is 24.4 Å². The zero-order chi connectivity index (χ0) is 27.9. The van der Waals surface area contributed by atoms with E-state index in [9.17, 15) is 14.7 Å². The SMILES string of the molecule is C=CCOc1ccc(C(O)=C2C(=O)C(=O)N(CCN(C)C)[C@H]2c2ccc(OCc3ccccc3)cc2)cc1C. The maximum atomic E-state index is 13.3. The van der Waals surface area contributed by atoms with Crippen LogP contribution in [0.15, 0.2) is 91.0 Å². The molecule has 0 spiro atoms. The van der Waals surface area contributed by atoms with Crippen LogP contribution in [0.1, 0.15) is 28.3 Å². The van der Waals surface area contributed by atoms with E-state index in [2.05, 4.69) is 6.58 Å². The molecule has 0 bridgehead atoms. The lowest BCUT2D eigenvalue weighted by Gasteiger charge is -2.26. The van der Waals surface area contributed by atoms with Crippen molar-refractivity contribution in [3.05, 3.63) is 113 Å². The summed E-state index contributed by atoms with van der Waals surface area (Å²) in [5.41, 5.74) is 3.06. The molecule has 1 aliphatic heterocycles. The van der Waals surface area contributed by atoms with E-state index in [0.29, 0.717) is 48.9 Å². The third-order valence-electron chi connectivity index (χ3n) is 6.58. The molecule has 1 atom stereocenters. The van der Waals surface area contributed by atoms with E-state index in [1.807, 2.05) is 80.5 Å². The molecule has 3 aromatic carbocycles. The van der Waals surface area contributed by atoms with E-state index < -0.39 is 17.7 Å². The molecule has 1 amide bonds. The van der Waals surface area contributed by atoms with Gasteiger partial charge in [0.1, 0.15) is 30.5 Å². The Bertz CT molecular complexity index is 1360. The molecule has 1 saturated heterocycles. The predicted molar refractivity (Wildman–Crippen MR) is 152 cm³/mol. The fraction of sp³-hybridized carbons (Fsp3) is 0.250. The number of aliphatic hydroxyl groups is 1. The number of carbonyl (C=O) groups is 2. The largest absolute Gasteiger partial charge is 0.507 e. The number of aliphatic hydroxyl groups excluding tert-OH is 1. The second kappa shape index (κ2) is 12.5. The summed E-state index contributed by atoms with van der Waals surface area (Å²) in [7, 11) is 3.81. The van der Waals surface area contributed by atoms with Gasteiger partial charge >= 0.3 is 0 Å². The number of hydrogen-bond acceptors (Lipinski definition) is 6. The molecule has 1 aliphatic rings. The summed E-state index contributed by atoms with van der Waals surface area (Å²) in [5.74, 6) is -0.228. The summed E-state index contributed by atoms with van der Waals surface area (Å²) in [4.78, 5) is 29.9. The first kappa shape index (κ1) is 27.7. The van der Waals surface area contributed by atoms with Crippen molar-refractivity contribution < 1.29 is 24.2 Å². The topological polar surface area (TPSA) is 79.3 Å². The molecule has 0 unspecified atom stereocenters. The third-order valence-corrected chi connectivity index (χ3v) is 6.58. The number of amides is 1. The molecular weight excluding hydrogens is 492 g/mol. The Morgan fingerprint density at radius 2 is 1.74 bits per heavy atom. The number of likely N-dealkylation sites (N-methyl/N-ethyl adjacent to an activating group) is 1. The zero-order valence-electron chi connectivity index (χ0n) is 22.6. The molecular formula is C32H34N2O5. The van der Waals surface area contributed by atoms with Gasteiger partial charge in [0.15, 0.2) is 0 Å². The average molecular weight is 527 g/mol. The van der Waals surface area contributed by atoms with Crippen molar-refractivity contribution in [2.45, 2.75) is 19.6 Å². The fourth-order valence-electron chi connectivity index (χ4n) is 4.52. The van der Waals surface area contributed by atoms with Crippen LogP contribution in [0.25, 0.3) is 5.76 Å². The van der Waals surface area contributed by atoms with Crippen molar-refractivity contribution in [3.63, 3.8) is 0 Å². The standard InChI is InChI=1S/C32H34N2O5/c1-5-19-38-27-16-13-25(20-22(27)2)30(35)28-29(34(18-17-33(3)4)32(37)31(28)36)24-11-14-26(15-12-24)39-21-23-9-7-6-8-10-23/h5-16,20,29,35H,1,17-19,21H2,2-4H3/t29-/m0/s1. The number of Topliss-reactive ketones (excluding diaryl/α,β-unsaturated/α-hetero) is 1. The number of hydrogen-bond donors (Lipinski definition) is 1. The lowest BCUT2D eigenvalue weighted by Crippen LogP contribution is -2.35. The molecule has 4 rings (SSSR count). The monoisotopic (exact) mass is 526 g/mol. The van der Waals surface area contributed by atoms with Crippen LogP contribution in [-0.4, -0.2) is 60.4 Å². The number of aryl methyl sites for hydroxylation is 1. The molecule has 7 nitrogen and oxygen atoms in total. The molecule has 7 heteroatoms. The van der Waals surface area contributed by atoms with E-state index in [4.69, 9.17) is 9.47 Å². The highest BCUT2D eigenvalue weighted by atomic mass is 16.5. The molecule has 0 radical (unpaired) electrons. The first-order valence-electron chi connectivity index (χ1n) is 12.8. The molecule has 0 saturated carbocycles. The minimum atomic E-state index is -0.731. The highest BCUT2D eigenvalue weighted by molar-refractivity contribution is 6.46. The summed E-state index contributed by atoms with van der Waals surface area (Å²) in [6.07, 6.45) is 1.65. The minimum Gasteiger partial charge on any atom is -0.507 e. The quantitative estimate of drug-likeness (QED) is 0.162. The van der Waals surface area contributed by atoms with Crippen LogP contribution in [0.2, 0.25) is 0 Å². The zero-order valence-corrected chi connectivity index (χ0v) is 22.6. The van der Waals surface area contributed by atoms with Gasteiger partial charge in [-0.1, -0.05) is 55.1 Å². The Hall–Kier alpha value is -4.36. The van der Waals surface area contributed by atoms with Crippen molar-refractivity contribution >= 4 is 17.4 Å². The Morgan fingerprint density at radius 3 is 2.38 bits per heavy atom. The smallest absolute Gasteiger partial charge is 0.295 e. The fourth-order valence-corrected chi connectivity index (χ4v) is 4.52. The van der Waals surface area contributed by atoms with Crippen molar-refractivity contribution in [1.29, 1.82) is 0 Å². The number of carbonyl (C=O) groups excluding carboxylic acids is 2. The van der Waals surface area contributed by atoms with Crippen LogP contribution < -0.4 is 9.47 Å². The molecule has 39 heavy (non-hydrogen) atoms. The van der Waals surface area contributed by atoms with Crippen LogP contribution in [0.4, 0.5) is 0 Å². The second-order valence-electron chi connectivity index (χ2n) is 9.72. The maximum absolute atomic E-state index is 13.3. The number of ketones is 1. The molecule has 1 N–H and O–H groups in total. The molecule has 0 aliphatic carbocycles. The van der Waals surface area contributed by atoms with Crippen molar-refractivity contribution in [1.82, 2.24) is 9.80 Å². The lowest BCUT2D eigenvalue weighted by molar-refractivity contribution is -0.140. The van der Waals surface area contributed by atoms with E-state index in [1.54, 1.807) is 24.3 Å². The van der Waals surface area contributed by atoms with Gasteiger partial charge in [0.05, 0.1) is 11.6 Å². The number of nitrogens with zero attached hydrogens (tertiary/aromatic N) is 2. The first-order chi connectivity index (χ1) is 18.8. The van der Waals surface area contributed by atoms with Gasteiger partial charge in [-0.3, -0.25) is 9.59 Å². The summed E-state index contributed by atoms with van der Waals surface area (Å²) < 4.78 is 11.6. The average Bonchev–Trinajstić information content (AvgIpc) is 3.19. The van der Waals surface area contributed by atoms with Gasteiger partial charge in [-0.2, -0.15) is 0 Å². The molecule has 202 valence electrons. The second-order valence-corrected chi connectivity index (χ2v) is 9.72. The summed E-state index contributed by atoms with van der Waals surface area (Å²) in [6.45, 7) is 7.20. The lowest BCUT2D eigenvalue weighted by atomic mass is 9.94. The molecule has 3 aromatic rings. The van der Waals surface area contributed by atoms with Gasteiger partial charge in [0.25, 0.3) is 11.7 Å². The number of benzene rings is 3. The van der Waals surface area contributed by atoms with E-state index >= 15 is 0 Å². The van der Waals surface area contributed by atoms with Crippen LogP contribution in [0.5, 0.6) is 11.5 Å². The Morgan fingerprint density at radius 1 is 1.03 bits per heavy atom. The molecule has 1 heterocycles. The van der Waals surface area contributed by atoms with Crippen molar-refractivity contribution in [2.75, 3.05) is 33.8 Å². The normalized spacial score (nSPS) is 16.5. The summed E-state index contributed by atoms with van der Waals surface area (Å²) in [6, 6.07) is 21.6. The van der Waals surface area contributed by atoms with Gasteiger partial charge in [-0.05, 0) is 68.0 Å². The highest BCUT2D eigenvalue weighted by Gasteiger charge is 2.45. The Labute approximate surface area is 229 Å². The number of ether oxygens (including phenoxy) is 2. The third kappa shape index (κ3) is 6.38. The minimum absolute atomic E-state index is 0.0656. The summed E-state index contributed by atoms with van der Waals surface area (Å²) in [5, 5.41) is 11.4. The Balaban J connectivity index is 1.68. The van der Waals surface area contributed by atoms with Crippen LogP contribution in [0, 0.1) is 6.92 Å². The van der Waals surface area contributed by atoms with Crippen LogP contribution in [-0.2, 0) is 16.2 Å². The van der Waals surface area contributed by atoms with E-state index in [-0.39, 0.29) is 11.3 Å². The van der Waals surface area contributed by atoms with Crippen LogP contribution in [0.3, 0.4) is 0 Å². The summed E-state index contributed by atoms with van der Waals surface area (Å²) >= 11 is 0. The van der Waals surface area contributed by atoms with Gasteiger partial charge in [-0.15, -0.1) is 0 Å². The van der Waals surface area contributed by atoms with Gasteiger partial charge in [-0.25, -0.2) is 0 Å². The maximum Gasteiger partial charge on any atom is 0.295 e. The number of rotatable bonds is 11. The Kier molecular flexibility index (Phi) is 8.84. The van der Waals surface area contributed by atoms with Crippen molar-refractivity contribution in [2.24, 2.45) is 0 Å². The highest BCUT2D eigenvalue weighted by Crippen LogP contribution is 2.40. The molecule has 0 aromatic heterocycles. The molecule has 1 fully saturated rings. The first-order valence-corrected chi connectivity index (χ1v) is 12.8. The van der Waals surface area contributed by atoms with E-state index in [1.165, 1.54) is 4.90 Å². The van der Waals surface area contributed by atoms with Crippen molar-refractivity contribution in [3.8, 4) is 11.5 Å².